The average molecular weight is 252 g/mol. The maximum absolute atomic E-state index is 6.04. The monoisotopic (exact) mass is 252 g/mol. The van der Waals surface area contributed by atoms with Gasteiger partial charge in [0.2, 0.25) is 0 Å². The van der Waals surface area contributed by atoms with Crippen molar-refractivity contribution < 1.29 is 0 Å². The number of rotatable bonds is 5. The number of hydrogen-bond acceptors (Lipinski definition) is 2. The molecular weight excluding hydrogens is 224 g/mol. The summed E-state index contributed by atoms with van der Waals surface area (Å²) in [6.45, 7) is 7.87. The summed E-state index contributed by atoms with van der Waals surface area (Å²) in [6, 6.07) is 1.27. The van der Waals surface area contributed by atoms with Crippen molar-refractivity contribution in [2.45, 2.75) is 51.6 Å². The molecule has 0 aromatic rings. The maximum atomic E-state index is 6.04. The second-order valence-electron chi connectivity index (χ2n) is 6.23. The van der Waals surface area contributed by atoms with E-state index in [2.05, 4.69) is 35.7 Å². The Balaban J connectivity index is 1.82. The van der Waals surface area contributed by atoms with Crippen molar-refractivity contribution in [3.05, 3.63) is 0 Å². The molecule has 0 amide bonds. The van der Waals surface area contributed by atoms with Crippen LogP contribution in [0.4, 0.5) is 0 Å². The van der Waals surface area contributed by atoms with Gasteiger partial charge in [0.05, 0.1) is 6.54 Å². The van der Waals surface area contributed by atoms with Crippen LogP contribution < -0.4 is 5.73 Å². The topological polar surface area (TPSA) is 44.9 Å². The SMILES string of the molecule is CC(C)CN1CCC[C@@H]1CN=C(N)N(C)C1CC1. The van der Waals surface area contributed by atoms with Gasteiger partial charge in [-0.25, -0.2) is 0 Å². The molecule has 4 nitrogen and oxygen atoms in total. The van der Waals surface area contributed by atoms with Crippen molar-refractivity contribution in [3.63, 3.8) is 0 Å². The molecule has 2 rings (SSSR count). The van der Waals surface area contributed by atoms with Crippen LogP contribution >= 0.6 is 0 Å². The molecule has 1 saturated carbocycles. The van der Waals surface area contributed by atoms with Gasteiger partial charge in [-0.15, -0.1) is 0 Å². The van der Waals surface area contributed by atoms with Crippen molar-refractivity contribution in [1.29, 1.82) is 0 Å². The molecule has 0 radical (unpaired) electrons. The molecule has 1 aliphatic carbocycles. The Labute approximate surface area is 111 Å². The second kappa shape index (κ2) is 5.91. The van der Waals surface area contributed by atoms with Gasteiger partial charge in [-0.2, -0.15) is 0 Å². The van der Waals surface area contributed by atoms with Crippen molar-refractivity contribution >= 4 is 5.96 Å². The fourth-order valence-corrected chi connectivity index (χ4v) is 2.77. The lowest BCUT2D eigenvalue weighted by molar-refractivity contribution is 0.231. The zero-order valence-corrected chi connectivity index (χ0v) is 12.1. The van der Waals surface area contributed by atoms with E-state index >= 15 is 0 Å². The first-order chi connectivity index (χ1) is 8.58. The summed E-state index contributed by atoms with van der Waals surface area (Å²) in [7, 11) is 2.07. The van der Waals surface area contributed by atoms with Crippen LogP contribution in [0.5, 0.6) is 0 Å². The Hall–Kier alpha value is -0.770. The summed E-state index contributed by atoms with van der Waals surface area (Å²) in [6.07, 6.45) is 5.13. The Morgan fingerprint density at radius 3 is 2.72 bits per heavy atom. The Kier molecular flexibility index (Phi) is 4.49. The maximum Gasteiger partial charge on any atom is 0.191 e. The standard InChI is InChI=1S/C14H28N4/c1-11(2)10-18-8-4-5-13(18)9-16-14(15)17(3)12-6-7-12/h11-13H,4-10H2,1-3H3,(H2,15,16)/t13-/m1/s1. The van der Waals surface area contributed by atoms with E-state index in [1.54, 1.807) is 0 Å². The molecule has 0 spiro atoms. The fraction of sp³-hybridized carbons (Fsp3) is 0.929. The molecule has 2 aliphatic rings. The van der Waals surface area contributed by atoms with E-state index in [-0.39, 0.29) is 0 Å². The van der Waals surface area contributed by atoms with E-state index in [0.29, 0.717) is 12.1 Å². The first kappa shape index (κ1) is 13.7. The van der Waals surface area contributed by atoms with Crippen LogP contribution in [0.15, 0.2) is 4.99 Å². The predicted octanol–water partition coefficient (Wildman–Crippen LogP) is 1.52. The third-order valence-corrected chi connectivity index (χ3v) is 4.02. The zero-order valence-electron chi connectivity index (χ0n) is 12.1. The minimum Gasteiger partial charge on any atom is -0.370 e. The molecular formula is C14H28N4. The first-order valence-electron chi connectivity index (χ1n) is 7.34. The number of nitrogens with two attached hydrogens (primary N) is 1. The summed E-state index contributed by atoms with van der Waals surface area (Å²) >= 11 is 0. The largest absolute Gasteiger partial charge is 0.370 e. The lowest BCUT2D eigenvalue weighted by Crippen LogP contribution is -2.38. The molecule has 4 heteroatoms. The number of likely N-dealkylation sites (tertiary alicyclic amines) is 1. The van der Waals surface area contributed by atoms with Crippen LogP contribution in [0.3, 0.4) is 0 Å². The van der Waals surface area contributed by atoms with Crippen molar-refractivity contribution in [2.24, 2.45) is 16.6 Å². The molecule has 1 saturated heterocycles. The summed E-state index contributed by atoms with van der Waals surface area (Å²) in [5.41, 5.74) is 6.04. The van der Waals surface area contributed by atoms with E-state index in [4.69, 9.17) is 5.73 Å². The molecule has 104 valence electrons. The lowest BCUT2D eigenvalue weighted by atomic mass is 10.2. The van der Waals surface area contributed by atoms with Crippen LogP contribution in [0.2, 0.25) is 0 Å². The highest BCUT2D eigenvalue weighted by molar-refractivity contribution is 5.78. The van der Waals surface area contributed by atoms with Crippen LogP contribution in [0.1, 0.15) is 39.5 Å². The van der Waals surface area contributed by atoms with E-state index in [9.17, 15) is 0 Å². The Morgan fingerprint density at radius 1 is 1.39 bits per heavy atom. The van der Waals surface area contributed by atoms with E-state index in [1.165, 1.54) is 38.8 Å². The molecule has 0 aromatic carbocycles. The van der Waals surface area contributed by atoms with Gasteiger partial charge in [0.15, 0.2) is 5.96 Å². The summed E-state index contributed by atoms with van der Waals surface area (Å²) in [4.78, 5) is 9.33. The highest BCUT2D eigenvalue weighted by Crippen LogP contribution is 2.25. The highest BCUT2D eigenvalue weighted by atomic mass is 15.3. The van der Waals surface area contributed by atoms with Gasteiger partial charge in [-0.05, 0) is 38.1 Å². The summed E-state index contributed by atoms with van der Waals surface area (Å²) < 4.78 is 0. The molecule has 1 aliphatic heterocycles. The third-order valence-electron chi connectivity index (χ3n) is 4.02. The molecule has 1 atom stereocenters. The predicted molar refractivity (Wildman–Crippen MR) is 76.7 cm³/mol. The van der Waals surface area contributed by atoms with Crippen LogP contribution in [-0.2, 0) is 0 Å². The molecule has 18 heavy (non-hydrogen) atoms. The number of hydrogen-bond donors (Lipinski definition) is 1. The van der Waals surface area contributed by atoms with Gasteiger partial charge < -0.3 is 10.6 Å². The highest BCUT2D eigenvalue weighted by Gasteiger charge is 2.28. The molecule has 0 unspecified atom stereocenters. The zero-order chi connectivity index (χ0) is 13.1. The third kappa shape index (κ3) is 3.61. The molecule has 0 bridgehead atoms. The van der Waals surface area contributed by atoms with Gasteiger partial charge in [-0.1, -0.05) is 13.8 Å². The molecule has 1 heterocycles. The second-order valence-corrected chi connectivity index (χ2v) is 6.23. The molecule has 0 aromatic heterocycles. The van der Waals surface area contributed by atoms with Crippen molar-refractivity contribution in [1.82, 2.24) is 9.80 Å². The van der Waals surface area contributed by atoms with Crippen molar-refractivity contribution in [2.75, 3.05) is 26.7 Å². The first-order valence-corrected chi connectivity index (χ1v) is 7.34. The molecule has 2 fully saturated rings. The van der Waals surface area contributed by atoms with Crippen molar-refractivity contribution in [3.8, 4) is 0 Å². The smallest absolute Gasteiger partial charge is 0.191 e. The summed E-state index contributed by atoms with van der Waals surface area (Å²) in [5, 5.41) is 0. The Morgan fingerprint density at radius 2 is 2.11 bits per heavy atom. The van der Waals surface area contributed by atoms with Crippen LogP contribution in [-0.4, -0.2) is 54.5 Å². The minimum atomic E-state index is 0.610. The lowest BCUT2D eigenvalue weighted by Gasteiger charge is -2.25. The van der Waals surface area contributed by atoms with Gasteiger partial charge >= 0.3 is 0 Å². The van der Waals surface area contributed by atoms with Gasteiger partial charge in [0.25, 0.3) is 0 Å². The average Bonchev–Trinajstić information content (AvgIpc) is 3.07. The van der Waals surface area contributed by atoms with E-state index in [1.807, 2.05) is 0 Å². The quantitative estimate of drug-likeness (QED) is 0.596. The molecule has 2 N–H and O–H groups in total. The van der Waals surface area contributed by atoms with E-state index in [0.717, 1.165) is 18.4 Å². The fourth-order valence-electron chi connectivity index (χ4n) is 2.77. The number of aliphatic imine (C=N–C) groups is 1. The van der Waals surface area contributed by atoms with Gasteiger partial charge in [0, 0.05) is 25.7 Å². The normalized spacial score (nSPS) is 26.0. The van der Waals surface area contributed by atoms with Crippen LogP contribution in [0.25, 0.3) is 0 Å². The number of guanidine groups is 1. The van der Waals surface area contributed by atoms with Crippen LogP contribution in [0, 0.1) is 5.92 Å². The Bertz CT molecular complexity index is 296. The van der Waals surface area contributed by atoms with Gasteiger partial charge in [-0.3, -0.25) is 9.89 Å². The minimum absolute atomic E-state index is 0.610. The van der Waals surface area contributed by atoms with Gasteiger partial charge in [0.1, 0.15) is 0 Å². The van der Waals surface area contributed by atoms with E-state index < -0.39 is 0 Å². The number of nitrogens with zero attached hydrogens (tertiary/aromatic N) is 3. The summed E-state index contributed by atoms with van der Waals surface area (Å²) in [5.74, 6) is 1.47.